The van der Waals surface area contributed by atoms with Crippen molar-refractivity contribution in [3.63, 3.8) is 0 Å². The summed E-state index contributed by atoms with van der Waals surface area (Å²) in [6, 6.07) is 6.39. The number of amides is 2. The van der Waals surface area contributed by atoms with Crippen molar-refractivity contribution in [3.05, 3.63) is 54.6 Å². The molecule has 1 saturated carbocycles. The Bertz CT molecular complexity index is 665. The number of carbonyl (C=O) groups excluding carboxylic acids is 2. The Labute approximate surface area is 162 Å². The lowest BCUT2D eigenvalue weighted by atomic mass is 10.1. The highest BCUT2D eigenvalue weighted by molar-refractivity contribution is 5.93. The van der Waals surface area contributed by atoms with E-state index < -0.39 is 0 Å². The summed E-state index contributed by atoms with van der Waals surface area (Å²) in [5.41, 5.74) is 3.00. The zero-order chi connectivity index (χ0) is 19.8. The quantitative estimate of drug-likeness (QED) is 0.609. The fraction of sp³-hybridized carbons (Fsp3) is 0.455. The second-order valence-corrected chi connectivity index (χ2v) is 7.14. The highest BCUT2D eigenvalue weighted by atomic mass is 16.2. The van der Waals surface area contributed by atoms with Gasteiger partial charge in [0.15, 0.2) is 0 Å². The van der Waals surface area contributed by atoms with Crippen molar-refractivity contribution in [2.24, 2.45) is 0 Å². The Morgan fingerprint density at radius 3 is 2.26 bits per heavy atom. The maximum atomic E-state index is 12.6. The molecule has 0 spiro atoms. The molecule has 1 aliphatic carbocycles. The largest absolute Gasteiger partial charge is 0.335 e. The molecule has 146 valence electrons. The van der Waals surface area contributed by atoms with Crippen LogP contribution < -0.4 is 5.32 Å². The molecule has 27 heavy (non-hydrogen) atoms. The molecule has 0 bridgehead atoms. The maximum Gasteiger partial charge on any atom is 0.238 e. The molecule has 5 nitrogen and oxygen atoms in total. The topological polar surface area (TPSA) is 52.7 Å². The van der Waals surface area contributed by atoms with Gasteiger partial charge < -0.3 is 10.2 Å². The smallest absolute Gasteiger partial charge is 0.238 e. The summed E-state index contributed by atoms with van der Waals surface area (Å²) in [5.74, 6) is 0.0383. The van der Waals surface area contributed by atoms with Crippen LogP contribution in [0.5, 0.6) is 0 Å². The van der Waals surface area contributed by atoms with Crippen LogP contribution in [0, 0.1) is 13.8 Å². The molecule has 1 fully saturated rings. The van der Waals surface area contributed by atoms with Crippen molar-refractivity contribution in [2.45, 2.75) is 39.2 Å². The first-order valence-electron chi connectivity index (χ1n) is 9.56. The average molecular weight is 370 g/mol. The minimum atomic E-state index is -0.0270. The highest BCUT2D eigenvalue weighted by Gasteiger charge is 2.30. The van der Waals surface area contributed by atoms with Gasteiger partial charge in [0.2, 0.25) is 11.8 Å². The summed E-state index contributed by atoms with van der Waals surface area (Å²) in [4.78, 5) is 28.9. The van der Waals surface area contributed by atoms with Crippen LogP contribution in [0.1, 0.15) is 30.4 Å². The van der Waals surface area contributed by atoms with Gasteiger partial charge in [-0.15, -0.1) is 13.2 Å². The van der Waals surface area contributed by atoms with E-state index in [-0.39, 0.29) is 11.8 Å². The minimum Gasteiger partial charge on any atom is -0.335 e. The summed E-state index contributed by atoms with van der Waals surface area (Å²) in [5, 5.41) is 3.04. The van der Waals surface area contributed by atoms with Crippen LogP contribution in [0.25, 0.3) is 0 Å². The molecule has 0 atom stereocenters. The first kappa shape index (κ1) is 20.9. The lowest BCUT2D eigenvalue weighted by molar-refractivity contribution is -0.131. The number of anilines is 1. The average Bonchev–Trinajstić information content (AvgIpc) is 3.46. The Morgan fingerprint density at radius 1 is 1.15 bits per heavy atom. The van der Waals surface area contributed by atoms with Crippen LogP contribution >= 0.6 is 0 Å². The monoisotopic (exact) mass is 369 g/mol. The number of hydrogen-bond acceptors (Lipinski definition) is 3. The van der Waals surface area contributed by atoms with Crippen molar-refractivity contribution >= 4 is 17.5 Å². The van der Waals surface area contributed by atoms with Gasteiger partial charge >= 0.3 is 0 Å². The number of benzene rings is 1. The van der Waals surface area contributed by atoms with E-state index in [1.807, 2.05) is 32.0 Å². The van der Waals surface area contributed by atoms with Crippen LogP contribution in [-0.4, -0.2) is 53.8 Å². The van der Waals surface area contributed by atoms with E-state index in [4.69, 9.17) is 0 Å². The van der Waals surface area contributed by atoms with E-state index in [9.17, 15) is 9.59 Å². The third kappa shape index (κ3) is 6.36. The van der Waals surface area contributed by atoms with Gasteiger partial charge in [-0.05, 0) is 37.8 Å². The number of rotatable bonds is 11. The molecule has 1 aliphatic rings. The Kier molecular flexibility index (Phi) is 7.80. The molecule has 1 aromatic rings. The van der Waals surface area contributed by atoms with Crippen molar-refractivity contribution in [1.29, 1.82) is 0 Å². The lowest BCUT2D eigenvalue weighted by Crippen LogP contribution is -2.39. The van der Waals surface area contributed by atoms with Gasteiger partial charge in [0, 0.05) is 37.8 Å². The summed E-state index contributed by atoms with van der Waals surface area (Å²) in [6.07, 6.45) is 6.02. The van der Waals surface area contributed by atoms with Crippen LogP contribution in [-0.2, 0) is 9.59 Å². The van der Waals surface area contributed by atoms with Crippen molar-refractivity contribution in [3.8, 4) is 0 Å². The number of nitrogens with one attached hydrogen (secondary N) is 1. The Hall–Kier alpha value is -2.40. The standard InChI is InChI=1S/C22H31N3O2/c1-5-13-24(14-6-2)21(27)12-15-25(19-10-11-19)16-20(26)23-22-17(3)8-7-9-18(22)4/h5-9,19H,1-2,10-16H2,3-4H3,(H,23,26). The Morgan fingerprint density at radius 2 is 1.74 bits per heavy atom. The van der Waals surface area contributed by atoms with E-state index in [1.54, 1.807) is 17.1 Å². The summed E-state index contributed by atoms with van der Waals surface area (Å²) in [7, 11) is 0. The van der Waals surface area contributed by atoms with Crippen LogP contribution in [0.3, 0.4) is 0 Å². The minimum absolute atomic E-state index is 0.0270. The normalized spacial score (nSPS) is 13.3. The fourth-order valence-corrected chi connectivity index (χ4v) is 3.19. The summed E-state index contributed by atoms with van der Waals surface area (Å²) < 4.78 is 0. The molecule has 0 unspecified atom stereocenters. The van der Waals surface area contributed by atoms with Crippen molar-refractivity contribution in [1.82, 2.24) is 9.80 Å². The van der Waals surface area contributed by atoms with Gasteiger partial charge in [0.25, 0.3) is 0 Å². The zero-order valence-corrected chi connectivity index (χ0v) is 16.5. The van der Waals surface area contributed by atoms with Gasteiger partial charge in [0.05, 0.1) is 6.54 Å². The summed E-state index contributed by atoms with van der Waals surface area (Å²) in [6.45, 7) is 13.3. The van der Waals surface area contributed by atoms with E-state index in [2.05, 4.69) is 23.4 Å². The number of carbonyl (C=O) groups is 2. The second-order valence-electron chi connectivity index (χ2n) is 7.14. The highest BCUT2D eigenvalue weighted by Crippen LogP contribution is 2.27. The molecule has 2 amide bonds. The molecule has 5 heteroatoms. The van der Waals surface area contributed by atoms with E-state index in [0.717, 1.165) is 29.7 Å². The predicted molar refractivity (Wildman–Crippen MR) is 111 cm³/mol. The van der Waals surface area contributed by atoms with E-state index >= 15 is 0 Å². The third-order valence-electron chi connectivity index (χ3n) is 4.82. The first-order valence-corrected chi connectivity index (χ1v) is 9.56. The van der Waals surface area contributed by atoms with Crippen molar-refractivity contribution < 1.29 is 9.59 Å². The van der Waals surface area contributed by atoms with Gasteiger partial charge in [-0.3, -0.25) is 14.5 Å². The molecule has 0 radical (unpaired) electrons. The van der Waals surface area contributed by atoms with E-state index in [0.29, 0.717) is 38.6 Å². The number of hydrogen-bond donors (Lipinski definition) is 1. The second kappa shape index (κ2) is 10.1. The van der Waals surface area contributed by atoms with Crippen LogP contribution in [0.4, 0.5) is 5.69 Å². The molecule has 0 aromatic heterocycles. The van der Waals surface area contributed by atoms with Crippen molar-refractivity contribution in [2.75, 3.05) is 31.5 Å². The van der Waals surface area contributed by atoms with Gasteiger partial charge in [0.1, 0.15) is 0 Å². The number of aryl methyl sites for hydroxylation is 2. The van der Waals surface area contributed by atoms with Crippen LogP contribution in [0.15, 0.2) is 43.5 Å². The molecule has 0 saturated heterocycles. The predicted octanol–water partition coefficient (Wildman–Crippen LogP) is 3.30. The van der Waals surface area contributed by atoms with Gasteiger partial charge in [-0.25, -0.2) is 0 Å². The fourth-order valence-electron chi connectivity index (χ4n) is 3.19. The number of para-hydroxylation sites is 1. The molecule has 1 N–H and O–H groups in total. The Balaban J connectivity index is 1.91. The molecular weight excluding hydrogens is 338 g/mol. The van der Waals surface area contributed by atoms with Crippen LogP contribution in [0.2, 0.25) is 0 Å². The van der Waals surface area contributed by atoms with Gasteiger partial charge in [-0.1, -0.05) is 30.4 Å². The first-order chi connectivity index (χ1) is 13.0. The number of nitrogens with zero attached hydrogens (tertiary/aromatic N) is 2. The lowest BCUT2D eigenvalue weighted by Gasteiger charge is -2.24. The maximum absolute atomic E-state index is 12.6. The molecule has 0 heterocycles. The van der Waals surface area contributed by atoms with Gasteiger partial charge in [-0.2, -0.15) is 0 Å². The molecule has 0 aliphatic heterocycles. The molecular formula is C22H31N3O2. The zero-order valence-electron chi connectivity index (χ0n) is 16.5. The molecule has 1 aromatic carbocycles. The summed E-state index contributed by atoms with van der Waals surface area (Å²) >= 11 is 0. The van der Waals surface area contributed by atoms with E-state index in [1.165, 1.54) is 0 Å². The third-order valence-corrected chi connectivity index (χ3v) is 4.82. The molecule has 2 rings (SSSR count). The SMILES string of the molecule is C=CCN(CC=C)C(=O)CCN(CC(=O)Nc1c(C)cccc1C)C1CC1.